The van der Waals surface area contributed by atoms with Crippen molar-refractivity contribution >= 4 is 17.6 Å². The first kappa shape index (κ1) is 12.7. The molecule has 19 heavy (non-hydrogen) atoms. The van der Waals surface area contributed by atoms with Gasteiger partial charge in [0.05, 0.1) is 11.3 Å². The molecule has 0 unspecified atom stereocenters. The van der Waals surface area contributed by atoms with E-state index < -0.39 is 17.8 Å². The van der Waals surface area contributed by atoms with E-state index in [9.17, 15) is 14.0 Å². The zero-order chi connectivity index (χ0) is 13.8. The highest BCUT2D eigenvalue weighted by Gasteiger charge is 2.13. The number of carbonyl (C=O) groups excluding carboxylic acids is 1. The van der Waals surface area contributed by atoms with E-state index in [1.165, 1.54) is 24.3 Å². The van der Waals surface area contributed by atoms with E-state index in [0.717, 1.165) is 6.07 Å². The van der Waals surface area contributed by atoms with Crippen molar-refractivity contribution < 1.29 is 19.1 Å². The fourth-order valence-corrected chi connectivity index (χ4v) is 1.50. The summed E-state index contributed by atoms with van der Waals surface area (Å²) in [6.45, 7) is 0. The summed E-state index contributed by atoms with van der Waals surface area (Å²) in [5, 5.41) is 11.4. The lowest BCUT2D eigenvalue weighted by Crippen LogP contribution is -2.16. The monoisotopic (exact) mass is 260 g/mol. The summed E-state index contributed by atoms with van der Waals surface area (Å²) in [5.41, 5.74) is -0.0430. The lowest BCUT2D eigenvalue weighted by atomic mass is 10.1. The van der Waals surface area contributed by atoms with Gasteiger partial charge in [-0.3, -0.25) is 4.79 Å². The maximum absolute atomic E-state index is 12.9. The van der Waals surface area contributed by atoms with Crippen molar-refractivity contribution in [2.24, 2.45) is 0 Å². The van der Waals surface area contributed by atoms with Crippen molar-refractivity contribution in [1.29, 1.82) is 0 Å². The summed E-state index contributed by atoms with van der Waals surface area (Å²) in [4.78, 5) is 26.2. The molecule has 2 N–H and O–H groups in total. The van der Waals surface area contributed by atoms with Crippen molar-refractivity contribution in [2.75, 3.05) is 5.32 Å². The predicted octanol–water partition coefficient (Wildman–Crippen LogP) is 2.17. The molecule has 1 aromatic carbocycles. The van der Waals surface area contributed by atoms with E-state index in [-0.39, 0.29) is 16.9 Å². The van der Waals surface area contributed by atoms with Crippen LogP contribution in [0.4, 0.5) is 10.1 Å². The number of amides is 1. The highest BCUT2D eigenvalue weighted by Crippen LogP contribution is 2.15. The first-order chi connectivity index (χ1) is 9.08. The highest BCUT2D eigenvalue weighted by atomic mass is 19.1. The Morgan fingerprint density at radius 3 is 2.53 bits per heavy atom. The zero-order valence-corrected chi connectivity index (χ0v) is 9.63. The average molecular weight is 260 g/mol. The number of hydrogen-bond donors (Lipinski definition) is 2. The summed E-state index contributed by atoms with van der Waals surface area (Å²) in [7, 11) is 0. The molecule has 0 aliphatic rings. The Bertz CT molecular complexity index is 643. The first-order valence-corrected chi connectivity index (χ1v) is 5.34. The molecular weight excluding hydrogens is 251 g/mol. The number of nitrogens with zero attached hydrogens (tertiary/aromatic N) is 1. The Balaban J connectivity index is 2.27. The number of halogens is 1. The van der Waals surface area contributed by atoms with Crippen LogP contribution in [-0.4, -0.2) is 22.0 Å². The van der Waals surface area contributed by atoms with Crippen LogP contribution in [0.2, 0.25) is 0 Å². The summed E-state index contributed by atoms with van der Waals surface area (Å²) in [5.74, 6) is -2.62. The number of pyridine rings is 1. The Kier molecular flexibility index (Phi) is 3.51. The Labute approximate surface area is 107 Å². The van der Waals surface area contributed by atoms with Crippen molar-refractivity contribution in [3.63, 3.8) is 0 Å². The van der Waals surface area contributed by atoms with Gasteiger partial charge in [-0.2, -0.15) is 4.39 Å². The number of nitrogens with one attached hydrogen (secondary N) is 1. The first-order valence-electron chi connectivity index (χ1n) is 5.34. The van der Waals surface area contributed by atoms with Gasteiger partial charge in [0.25, 0.3) is 5.91 Å². The van der Waals surface area contributed by atoms with Crippen molar-refractivity contribution in [1.82, 2.24) is 4.98 Å². The highest BCUT2D eigenvalue weighted by molar-refractivity contribution is 6.06. The molecule has 5 nitrogen and oxygen atoms in total. The minimum absolute atomic E-state index is 0.0488. The second-order valence-corrected chi connectivity index (χ2v) is 3.65. The third-order valence-corrected chi connectivity index (χ3v) is 2.35. The van der Waals surface area contributed by atoms with E-state index in [1.54, 1.807) is 12.1 Å². The van der Waals surface area contributed by atoms with Crippen molar-refractivity contribution in [2.45, 2.75) is 0 Å². The summed E-state index contributed by atoms with van der Waals surface area (Å²) in [6, 6.07) is 9.72. The summed E-state index contributed by atoms with van der Waals surface area (Å²) in [6.07, 6.45) is 0. The normalized spacial score (nSPS) is 9.95. The third kappa shape index (κ3) is 2.92. The number of aromatic nitrogens is 1. The van der Waals surface area contributed by atoms with Gasteiger partial charge in [-0.1, -0.05) is 18.2 Å². The number of carboxylic acid groups (broad SMARTS) is 1. The lowest BCUT2D eigenvalue weighted by Gasteiger charge is -2.07. The molecule has 6 heteroatoms. The maximum Gasteiger partial charge on any atom is 0.337 e. The second-order valence-electron chi connectivity index (χ2n) is 3.65. The molecule has 0 fully saturated rings. The van der Waals surface area contributed by atoms with E-state index in [1.807, 2.05) is 0 Å². The van der Waals surface area contributed by atoms with E-state index in [2.05, 4.69) is 10.3 Å². The van der Waals surface area contributed by atoms with Crippen LogP contribution in [0.5, 0.6) is 0 Å². The van der Waals surface area contributed by atoms with Crippen LogP contribution in [0.25, 0.3) is 0 Å². The molecule has 0 saturated carbocycles. The quantitative estimate of drug-likeness (QED) is 0.829. The van der Waals surface area contributed by atoms with Crippen LogP contribution in [0.3, 0.4) is 0 Å². The van der Waals surface area contributed by atoms with Gasteiger partial charge >= 0.3 is 5.97 Å². The fraction of sp³-hybridized carbons (Fsp3) is 0. The zero-order valence-electron chi connectivity index (χ0n) is 9.63. The average Bonchev–Trinajstić information content (AvgIpc) is 2.39. The lowest BCUT2D eigenvalue weighted by molar-refractivity contribution is 0.0698. The molecule has 0 saturated heterocycles. The van der Waals surface area contributed by atoms with Crippen LogP contribution >= 0.6 is 0 Å². The Morgan fingerprint density at radius 1 is 1.11 bits per heavy atom. The number of rotatable bonds is 3. The summed E-state index contributed by atoms with van der Waals surface area (Å²) >= 11 is 0. The molecule has 96 valence electrons. The van der Waals surface area contributed by atoms with Crippen molar-refractivity contribution in [3.05, 3.63) is 59.7 Å². The number of para-hydroxylation sites is 1. The van der Waals surface area contributed by atoms with Gasteiger partial charge in [-0.05, 0) is 24.3 Å². The smallest absolute Gasteiger partial charge is 0.337 e. The van der Waals surface area contributed by atoms with Crippen LogP contribution in [0.1, 0.15) is 20.8 Å². The van der Waals surface area contributed by atoms with Crippen LogP contribution < -0.4 is 5.32 Å². The third-order valence-electron chi connectivity index (χ3n) is 2.35. The van der Waals surface area contributed by atoms with E-state index in [4.69, 9.17) is 5.11 Å². The van der Waals surface area contributed by atoms with Crippen LogP contribution in [-0.2, 0) is 0 Å². The molecule has 1 amide bonds. The molecule has 1 heterocycles. The van der Waals surface area contributed by atoms with Gasteiger partial charge in [0.2, 0.25) is 5.95 Å². The van der Waals surface area contributed by atoms with Gasteiger partial charge in [-0.15, -0.1) is 0 Å². The Hall–Kier alpha value is -2.76. The molecule has 0 bridgehead atoms. The topological polar surface area (TPSA) is 79.3 Å². The SMILES string of the molecule is O=C(Nc1ccccc1C(=O)O)c1cccc(F)n1. The minimum Gasteiger partial charge on any atom is -0.478 e. The van der Waals surface area contributed by atoms with Gasteiger partial charge in [-0.25, -0.2) is 9.78 Å². The number of carbonyl (C=O) groups is 2. The van der Waals surface area contributed by atoms with Crippen LogP contribution in [0.15, 0.2) is 42.5 Å². The van der Waals surface area contributed by atoms with E-state index >= 15 is 0 Å². The molecule has 1 aromatic heterocycles. The molecular formula is C13H9FN2O3. The molecule has 0 spiro atoms. The van der Waals surface area contributed by atoms with Gasteiger partial charge < -0.3 is 10.4 Å². The molecule has 0 atom stereocenters. The molecule has 0 aliphatic heterocycles. The standard InChI is InChI=1S/C13H9FN2O3/c14-11-7-3-6-10(15-11)12(17)16-9-5-2-1-4-8(9)13(18)19/h1-7H,(H,16,17)(H,18,19). The summed E-state index contributed by atoms with van der Waals surface area (Å²) < 4.78 is 12.9. The largest absolute Gasteiger partial charge is 0.478 e. The van der Waals surface area contributed by atoms with Gasteiger partial charge in [0, 0.05) is 0 Å². The van der Waals surface area contributed by atoms with Gasteiger partial charge in [0.1, 0.15) is 5.69 Å². The number of aromatic carboxylic acids is 1. The number of carboxylic acids is 1. The molecule has 2 aromatic rings. The Morgan fingerprint density at radius 2 is 1.84 bits per heavy atom. The van der Waals surface area contributed by atoms with E-state index in [0.29, 0.717) is 0 Å². The number of benzene rings is 1. The molecule has 0 radical (unpaired) electrons. The number of hydrogen-bond acceptors (Lipinski definition) is 3. The van der Waals surface area contributed by atoms with Gasteiger partial charge in [0.15, 0.2) is 0 Å². The van der Waals surface area contributed by atoms with Crippen molar-refractivity contribution in [3.8, 4) is 0 Å². The predicted molar refractivity (Wildman–Crippen MR) is 65.5 cm³/mol. The maximum atomic E-state index is 12.9. The number of anilines is 1. The molecule has 0 aliphatic carbocycles. The van der Waals surface area contributed by atoms with Crippen LogP contribution in [0, 0.1) is 5.95 Å². The fourth-order valence-electron chi connectivity index (χ4n) is 1.50. The second kappa shape index (κ2) is 5.26. The molecule has 2 rings (SSSR count). The minimum atomic E-state index is -1.16.